The fourth-order valence-electron chi connectivity index (χ4n) is 2.33. The molecule has 128 valence electrons. The van der Waals surface area contributed by atoms with Crippen molar-refractivity contribution in [2.24, 2.45) is 0 Å². The van der Waals surface area contributed by atoms with E-state index in [0.29, 0.717) is 17.9 Å². The van der Waals surface area contributed by atoms with Crippen molar-refractivity contribution in [3.63, 3.8) is 0 Å². The SMILES string of the molecule is CC(C)Oc1ccccc1/C=C(\C#N)C(=O)NCCc1ccccc1. The van der Waals surface area contributed by atoms with Crippen LogP contribution in [-0.4, -0.2) is 18.6 Å². The second-order valence-corrected chi connectivity index (χ2v) is 5.87. The van der Waals surface area contributed by atoms with Gasteiger partial charge in [0.05, 0.1) is 6.10 Å². The molecule has 1 amide bonds. The standard InChI is InChI=1S/C21H22N2O2/c1-16(2)25-20-11-7-6-10-18(20)14-19(15-22)21(24)23-13-12-17-8-4-3-5-9-17/h3-11,14,16H,12-13H2,1-2H3,(H,23,24)/b19-14+. The fourth-order valence-corrected chi connectivity index (χ4v) is 2.33. The molecule has 4 heteroatoms. The molecule has 2 aromatic carbocycles. The minimum atomic E-state index is -0.377. The van der Waals surface area contributed by atoms with Crippen molar-refractivity contribution in [3.8, 4) is 11.8 Å². The maximum absolute atomic E-state index is 12.3. The molecule has 1 N–H and O–H groups in total. The molecule has 0 fully saturated rings. The van der Waals surface area contributed by atoms with Gasteiger partial charge in [0.15, 0.2) is 0 Å². The molecule has 0 spiro atoms. The Kier molecular flexibility index (Phi) is 6.79. The average Bonchev–Trinajstić information content (AvgIpc) is 2.61. The number of carbonyl (C=O) groups excluding carboxylic acids is 1. The predicted octanol–water partition coefficient (Wildman–Crippen LogP) is 3.74. The Morgan fingerprint density at radius 1 is 1.16 bits per heavy atom. The Labute approximate surface area is 148 Å². The van der Waals surface area contributed by atoms with Crippen molar-refractivity contribution in [2.75, 3.05) is 6.54 Å². The van der Waals surface area contributed by atoms with Crippen LogP contribution in [0.15, 0.2) is 60.2 Å². The molecule has 2 aromatic rings. The van der Waals surface area contributed by atoms with Gasteiger partial charge < -0.3 is 10.1 Å². The van der Waals surface area contributed by atoms with Crippen LogP contribution >= 0.6 is 0 Å². The number of hydrogen-bond donors (Lipinski definition) is 1. The largest absolute Gasteiger partial charge is 0.490 e. The minimum Gasteiger partial charge on any atom is -0.490 e. The number of amides is 1. The zero-order valence-corrected chi connectivity index (χ0v) is 14.5. The Morgan fingerprint density at radius 3 is 2.52 bits per heavy atom. The van der Waals surface area contributed by atoms with Crippen molar-refractivity contribution < 1.29 is 9.53 Å². The quantitative estimate of drug-likeness (QED) is 0.620. The molecule has 0 aliphatic heterocycles. The first-order chi connectivity index (χ1) is 12.1. The summed E-state index contributed by atoms with van der Waals surface area (Å²) >= 11 is 0. The Bertz CT molecular complexity index is 774. The lowest BCUT2D eigenvalue weighted by molar-refractivity contribution is -0.117. The third kappa shape index (κ3) is 5.82. The first-order valence-electron chi connectivity index (χ1n) is 8.29. The highest BCUT2D eigenvalue weighted by atomic mass is 16.5. The summed E-state index contributed by atoms with van der Waals surface area (Å²) in [5.74, 6) is 0.278. The van der Waals surface area contributed by atoms with E-state index in [0.717, 1.165) is 12.0 Å². The highest BCUT2D eigenvalue weighted by Crippen LogP contribution is 2.22. The van der Waals surface area contributed by atoms with Crippen molar-refractivity contribution in [1.29, 1.82) is 5.26 Å². The number of nitriles is 1. The number of nitrogens with zero attached hydrogens (tertiary/aromatic N) is 1. The summed E-state index contributed by atoms with van der Waals surface area (Å²) in [6.07, 6.45) is 2.30. The van der Waals surface area contributed by atoms with Crippen LogP contribution in [0.1, 0.15) is 25.0 Å². The summed E-state index contributed by atoms with van der Waals surface area (Å²) in [5.41, 5.74) is 1.92. The monoisotopic (exact) mass is 334 g/mol. The van der Waals surface area contributed by atoms with Gasteiger partial charge in [0, 0.05) is 12.1 Å². The van der Waals surface area contributed by atoms with E-state index in [4.69, 9.17) is 4.74 Å². The number of hydrogen-bond acceptors (Lipinski definition) is 3. The van der Waals surface area contributed by atoms with Crippen LogP contribution in [0.25, 0.3) is 6.08 Å². The molecule has 0 aliphatic rings. The summed E-state index contributed by atoms with van der Waals surface area (Å²) in [6, 6.07) is 19.2. The van der Waals surface area contributed by atoms with Crippen LogP contribution in [-0.2, 0) is 11.2 Å². The molecule has 25 heavy (non-hydrogen) atoms. The van der Waals surface area contributed by atoms with E-state index < -0.39 is 0 Å². The van der Waals surface area contributed by atoms with E-state index in [-0.39, 0.29) is 17.6 Å². The molecule has 0 saturated heterocycles. The maximum atomic E-state index is 12.3. The molecule has 0 atom stereocenters. The second-order valence-electron chi connectivity index (χ2n) is 5.87. The number of rotatable bonds is 7. The molecule has 0 bridgehead atoms. The summed E-state index contributed by atoms with van der Waals surface area (Å²) < 4.78 is 5.72. The third-order valence-corrected chi connectivity index (χ3v) is 3.49. The molecule has 0 radical (unpaired) electrons. The van der Waals surface area contributed by atoms with Crippen molar-refractivity contribution >= 4 is 12.0 Å². The first-order valence-corrected chi connectivity index (χ1v) is 8.29. The minimum absolute atomic E-state index is 0.0137. The summed E-state index contributed by atoms with van der Waals surface area (Å²) in [5, 5.41) is 12.1. The topological polar surface area (TPSA) is 62.1 Å². The lowest BCUT2D eigenvalue weighted by atomic mass is 10.1. The fraction of sp³-hybridized carbons (Fsp3) is 0.238. The number of para-hydroxylation sites is 1. The number of carbonyl (C=O) groups is 1. The molecular formula is C21H22N2O2. The lowest BCUT2D eigenvalue weighted by Crippen LogP contribution is -2.26. The van der Waals surface area contributed by atoms with E-state index >= 15 is 0 Å². The zero-order valence-electron chi connectivity index (χ0n) is 14.5. The van der Waals surface area contributed by atoms with Gasteiger partial charge in [-0.1, -0.05) is 48.5 Å². The van der Waals surface area contributed by atoms with Crippen LogP contribution in [0, 0.1) is 11.3 Å². The van der Waals surface area contributed by atoms with E-state index in [9.17, 15) is 10.1 Å². The second kappa shape index (κ2) is 9.29. The third-order valence-electron chi connectivity index (χ3n) is 3.49. The smallest absolute Gasteiger partial charge is 0.261 e. The van der Waals surface area contributed by atoms with Crippen LogP contribution in [0.5, 0.6) is 5.75 Å². The van der Waals surface area contributed by atoms with E-state index in [1.54, 1.807) is 6.08 Å². The van der Waals surface area contributed by atoms with Crippen molar-refractivity contribution in [2.45, 2.75) is 26.4 Å². The summed E-state index contributed by atoms with van der Waals surface area (Å²) in [4.78, 5) is 12.3. The normalized spacial score (nSPS) is 11.0. The Hall–Kier alpha value is -3.06. The molecule has 0 heterocycles. The van der Waals surface area contributed by atoms with Gasteiger partial charge in [-0.05, 0) is 38.0 Å². The van der Waals surface area contributed by atoms with Crippen LogP contribution in [0.3, 0.4) is 0 Å². The highest BCUT2D eigenvalue weighted by molar-refractivity contribution is 6.01. The number of nitrogens with one attached hydrogen (secondary N) is 1. The molecule has 4 nitrogen and oxygen atoms in total. The lowest BCUT2D eigenvalue weighted by Gasteiger charge is -2.12. The van der Waals surface area contributed by atoms with Gasteiger partial charge in [0.1, 0.15) is 17.4 Å². The number of ether oxygens (including phenoxy) is 1. The first kappa shape index (κ1) is 18.3. The highest BCUT2D eigenvalue weighted by Gasteiger charge is 2.11. The molecular weight excluding hydrogens is 312 g/mol. The summed E-state index contributed by atoms with van der Waals surface area (Å²) in [6.45, 7) is 4.34. The van der Waals surface area contributed by atoms with E-state index in [1.165, 1.54) is 0 Å². The number of benzene rings is 2. The Morgan fingerprint density at radius 2 is 1.84 bits per heavy atom. The van der Waals surface area contributed by atoms with Crippen molar-refractivity contribution in [1.82, 2.24) is 5.32 Å². The average molecular weight is 334 g/mol. The zero-order chi connectivity index (χ0) is 18.1. The predicted molar refractivity (Wildman–Crippen MR) is 99.0 cm³/mol. The van der Waals surface area contributed by atoms with Gasteiger partial charge in [-0.3, -0.25) is 4.79 Å². The maximum Gasteiger partial charge on any atom is 0.261 e. The van der Waals surface area contributed by atoms with Gasteiger partial charge in [0.25, 0.3) is 5.91 Å². The van der Waals surface area contributed by atoms with Crippen LogP contribution < -0.4 is 10.1 Å². The van der Waals surface area contributed by atoms with Crippen molar-refractivity contribution in [3.05, 3.63) is 71.3 Å². The Balaban J connectivity index is 2.04. The molecule has 0 unspecified atom stereocenters. The molecule has 2 rings (SSSR count). The van der Waals surface area contributed by atoms with Crippen LogP contribution in [0.4, 0.5) is 0 Å². The van der Waals surface area contributed by atoms with Gasteiger partial charge in [-0.25, -0.2) is 0 Å². The van der Waals surface area contributed by atoms with Crippen LogP contribution in [0.2, 0.25) is 0 Å². The van der Waals surface area contributed by atoms with E-state index in [2.05, 4.69) is 5.32 Å². The summed E-state index contributed by atoms with van der Waals surface area (Å²) in [7, 11) is 0. The molecule has 0 aliphatic carbocycles. The van der Waals surface area contributed by atoms with Gasteiger partial charge in [-0.15, -0.1) is 0 Å². The van der Waals surface area contributed by atoms with Gasteiger partial charge in [0.2, 0.25) is 0 Å². The van der Waals surface area contributed by atoms with Gasteiger partial charge in [-0.2, -0.15) is 5.26 Å². The van der Waals surface area contributed by atoms with Gasteiger partial charge >= 0.3 is 0 Å². The van der Waals surface area contributed by atoms with E-state index in [1.807, 2.05) is 74.5 Å². The molecule has 0 aromatic heterocycles. The molecule has 0 saturated carbocycles.